The third kappa shape index (κ3) is 4.39. The van der Waals surface area contributed by atoms with Crippen molar-refractivity contribution >= 4 is 40.7 Å². The molecule has 9 heteroatoms. The van der Waals surface area contributed by atoms with Crippen LogP contribution in [0.3, 0.4) is 0 Å². The average molecular weight is 377 g/mol. The number of halogens is 4. The molecule has 0 aliphatic carbocycles. The summed E-state index contributed by atoms with van der Waals surface area (Å²) in [7, 11) is 0. The Morgan fingerprint density at radius 3 is 1.62 bits per heavy atom. The molecule has 0 aromatic heterocycles. The summed E-state index contributed by atoms with van der Waals surface area (Å²) in [6.45, 7) is -0.525. The number of ether oxygens (including phenoxy) is 2. The SMILES string of the molecule is Nc1cc(COC(=O)OCc2cc(N)c(F)cc2Cl)c(Cl)cc1F. The summed E-state index contributed by atoms with van der Waals surface area (Å²) in [4.78, 5) is 11.6. The highest BCUT2D eigenvalue weighted by Gasteiger charge is 2.12. The van der Waals surface area contributed by atoms with Crippen molar-refractivity contribution in [3.8, 4) is 0 Å². The van der Waals surface area contributed by atoms with Gasteiger partial charge in [0.15, 0.2) is 0 Å². The van der Waals surface area contributed by atoms with Crippen LogP contribution in [0.25, 0.3) is 0 Å². The predicted octanol–water partition coefficient (Wildman–Crippen LogP) is 4.29. The summed E-state index contributed by atoms with van der Waals surface area (Å²) in [5, 5.41) is 0.118. The molecule has 0 saturated heterocycles. The van der Waals surface area contributed by atoms with Crippen LogP contribution in [0.1, 0.15) is 11.1 Å². The predicted molar refractivity (Wildman–Crippen MR) is 86.6 cm³/mol. The van der Waals surface area contributed by atoms with Crippen molar-refractivity contribution in [1.82, 2.24) is 0 Å². The van der Waals surface area contributed by atoms with Gasteiger partial charge in [0.1, 0.15) is 24.8 Å². The lowest BCUT2D eigenvalue weighted by Crippen LogP contribution is -2.09. The van der Waals surface area contributed by atoms with Crippen molar-refractivity contribution in [3.05, 3.63) is 57.1 Å². The number of anilines is 2. The maximum absolute atomic E-state index is 13.2. The van der Waals surface area contributed by atoms with Crippen molar-refractivity contribution in [1.29, 1.82) is 0 Å². The molecular formula is C15H12Cl2F2N2O3. The van der Waals surface area contributed by atoms with E-state index in [9.17, 15) is 13.6 Å². The third-order valence-corrected chi connectivity index (χ3v) is 3.73. The number of rotatable bonds is 4. The smallest absolute Gasteiger partial charge is 0.429 e. The van der Waals surface area contributed by atoms with Crippen molar-refractivity contribution in [2.75, 3.05) is 11.5 Å². The largest absolute Gasteiger partial charge is 0.508 e. The van der Waals surface area contributed by atoms with Gasteiger partial charge in [-0.3, -0.25) is 0 Å². The van der Waals surface area contributed by atoms with Crippen molar-refractivity contribution in [2.24, 2.45) is 0 Å². The Morgan fingerprint density at radius 2 is 1.25 bits per heavy atom. The Kier molecular flexibility index (Phi) is 5.69. The van der Waals surface area contributed by atoms with Crippen LogP contribution in [0.2, 0.25) is 10.0 Å². The van der Waals surface area contributed by atoms with Crippen LogP contribution >= 0.6 is 23.2 Å². The Labute approximate surface area is 146 Å². The van der Waals surface area contributed by atoms with Gasteiger partial charge in [0.25, 0.3) is 0 Å². The molecule has 4 N–H and O–H groups in total. The van der Waals surface area contributed by atoms with Gasteiger partial charge < -0.3 is 20.9 Å². The van der Waals surface area contributed by atoms with Gasteiger partial charge in [-0.15, -0.1) is 0 Å². The zero-order valence-corrected chi connectivity index (χ0v) is 13.6. The van der Waals surface area contributed by atoms with E-state index >= 15 is 0 Å². The van der Waals surface area contributed by atoms with Gasteiger partial charge in [-0.25, -0.2) is 13.6 Å². The van der Waals surface area contributed by atoms with Crippen molar-refractivity contribution in [3.63, 3.8) is 0 Å². The maximum Gasteiger partial charge on any atom is 0.508 e. The molecule has 0 saturated carbocycles. The summed E-state index contributed by atoms with van der Waals surface area (Å²) >= 11 is 11.6. The van der Waals surface area contributed by atoms with Gasteiger partial charge in [0.05, 0.1) is 21.4 Å². The number of benzene rings is 2. The second-order valence-corrected chi connectivity index (χ2v) is 5.57. The maximum atomic E-state index is 13.2. The highest BCUT2D eigenvalue weighted by atomic mass is 35.5. The molecule has 0 bridgehead atoms. The number of nitrogen functional groups attached to an aromatic ring is 2. The monoisotopic (exact) mass is 376 g/mol. The molecule has 0 heterocycles. The molecule has 2 rings (SSSR count). The molecule has 0 atom stereocenters. The molecule has 0 spiro atoms. The van der Waals surface area contributed by atoms with Crippen LogP contribution in [0, 0.1) is 11.6 Å². The molecule has 0 fully saturated rings. The molecule has 5 nitrogen and oxygen atoms in total. The van der Waals surface area contributed by atoms with Crippen LogP contribution in [0.5, 0.6) is 0 Å². The summed E-state index contributed by atoms with van der Waals surface area (Å²) < 4.78 is 36.0. The molecule has 0 amide bonds. The topological polar surface area (TPSA) is 87.6 Å². The molecule has 2 aromatic carbocycles. The highest BCUT2D eigenvalue weighted by molar-refractivity contribution is 6.31. The Balaban J connectivity index is 1.93. The lowest BCUT2D eigenvalue weighted by atomic mass is 10.2. The molecule has 0 radical (unpaired) electrons. The fraction of sp³-hybridized carbons (Fsp3) is 0.133. The van der Waals surface area contributed by atoms with E-state index in [0.717, 1.165) is 12.1 Å². The van der Waals surface area contributed by atoms with Crippen molar-refractivity contribution in [2.45, 2.75) is 13.2 Å². The van der Waals surface area contributed by atoms with Gasteiger partial charge in [-0.05, 0) is 24.3 Å². The van der Waals surface area contributed by atoms with E-state index in [2.05, 4.69) is 0 Å². The first-order valence-electron chi connectivity index (χ1n) is 6.54. The number of carbonyl (C=O) groups excluding carboxylic acids is 1. The number of hydrogen-bond acceptors (Lipinski definition) is 5. The number of carbonyl (C=O) groups is 1. The molecule has 24 heavy (non-hydrogen) atoms. The minimum absolute atomic E-state index is 0.0591. The molecule has 2 aromatic rings. The van der Waals surface area contributed by atoms with Crippen LogP contribution in [-0.4, -0.2) is 6.16 Å². The zero-order chi connectivity index (χ0) is 17.9. The van der Waals surface area contributed by atoms with Crippen LogP contribution < -0.4 is 11.5 Å². The molecular weight excluding hydrogens is 365 g/mol. The quantitative estimate of drug-likeness (QED) is 0.613. The Hall–Kier alpha value is -2.25. The van der Waals surface area contributed by atoms with E-state index in [4.69, 9.17) is 44.1 Å². The fourth-order valence-electron chi connectivity index (χ4n) is 1.76. The molecule has 128 valence electrons. The van der Waals surface area contributed by atoms with E-state index in [1.54, 1.807) is 0 Å². The van der Waals surface area contributed by atoms with E-state index in [1.165, 1.54) is 12.1 Å². The van der Waals surface area contributed by atoms with Gasteiger partial charge in [0, 0.05) is 11.1 Å². The fourth-order valence-corrected chi connectivity index (χ4v) is 2.17. The first-order valence-corrected chi connectivity index (χ1v) is 7.30. The van der Waals surface area contributed by atoms with E-state index in [0.29, 0.717) is 11.1 Å². The number of hydrogen-bond donors (Lipinski definition) is 2. The molecule has 0 aliphatic rings. The van der Waals surface area contributed by atoms with Crippen LogP contribution in [-0.2, 0) is 22.7 Å². The summed E-state index contributed by atoms with van der Waals surface area (Å²) in [5.74, 6) is -1.34. The van der Waals surface area contributed by atoms with Crippen molar-refractivity contribution < 1.29 is 23.0 Å². The van der Waals surface area contributed by atoms with Crippen LogP contribution in [0.15, 0.2) is 24.3 Å². The summed E-state index contributed by atoms with van der Waals surface area (Å²) in [6.07, 6.45) is -1.02. The van der Waals surface area contributed by atoms with E-state index in [1.807, 2.05) is 0 Å². The lowest BCUT2D eigenvalue weighted by molar-refractivity contribution is 0.0447. The second-order valence-electron chi connectivity index (χ2n) is 4.76. The number of nitrogens with two attached hydrogens (primary N) is 2. The second kappa shape index (κ2) is 7.55. The first-order chi connectivity index (χ1) is 11.3. The lowest BCUT2D eigenvalue weighted by Gasteiger charge is -2.10. The van der Waals surface area contributed by atoms with Crippen LogP contribution in [0.4, 0.5) is 25.0 Å². The van der Waals surface area contributed by atoms with Gasteiger partial charge >= 0.3 is 6.16 Å². The van der Waals surface area contributed by atoms with E-state index in [-0.39, 0.29) is 34.6 Å². The highest BCUT2D eigenvalue weighted by Crippen LogP contribution is 2.24. The average Bonchev–Trinajstić information content (AvgIpc) is 2.51. The van der Waals surface area contributed by atoms with Gasteiger partial charge in [0.2, 0.25) is 0 Å². The third-order valence-electron chi connectivity index (χ3n) is 3.02. The van der Waals surface area contributed by atoms with Gasteiger partial charge in [-0.2, -0.15) is 0 Å². The first kappa shape index (κ1) is 18.1. The van der Waals surface area contributed by atoms with Gasteiger partial charge in [-0.1, -0.05) is 23.2 Å². The Bertz CT molecular complexity index is 724. The standard InChI is InChI=1S/C15H12Cl2F2N2O3/c16-9-3-11(18)13(20)1-7(9)5-23-15(22)24-6-8-2-14(21)12(19)4-10(8)17/h1-4H,5-6,20-21H2. The minimum Gasteiger partial charge on any atom is -0.429 e. The Morgan fingerprint density at radius 1 is 0.875 bits per heavy atom. The van der Waals surface area contributed by atoms with E-state index < -0.39 is 17.8 Å². The normalized spacial score (nSPS) is 10.5. The summed E-state index contributed by atoms with van der Waals surface area (Å²) in [5.41, 5.74) is 11.2. The summed E-state index contributed by atoms with van der Waals surface area (Å²) in [6, 6.07) is 4.54. The molecule has 0 unspecified atom stereocenters. The molecule has 0 aliphatic heterocycles. The zero-order valence-electron chi connectivity index (χ0n) is 12.1. The minimum atomic E-state index is -1.02.